The number of carbonyl (C=O) groups excluding carboxylic acids is 1. The third-order valence-electron chi connectivity index (χ3n) is 1.59. The number of benzene rings is 1. The van der Waals surface area contributed by atoms with Crippen molar-refractivity contribution in [3.8, 4) is 0 Å². The van der Waals surface area contributed by atoms with Crippen LogP contribution in [0.4, 0.5) is 0 Å². The maximum atomic E-state index is 11.7. The summed E-state index contributed by atoms with van der Waals surface area (Å²) in [5.74, 6) is -0.0769. The minimum absolute atomic E-state index is 0.0769. The Labute approximate surface area is 102 Å². The van der Waals surface area contributed by atoms with Gasteiger partial charge in [-0.25, -0.2) is 0 Å². The summed E-state index contributed by atoms with van der Waals surface area (Å²) in [5.41, 5.74) is 0.631. The van der Waals surface area contributed by atoms with Gasteiger partial charge >= 0.3 is 0 Å². The Hall–Kier alpha value is -0.290. The Bertz CT molecular complexity index is 352. The molecule has 0 aromatic heterocycles. The lowest BCUT2D eigenvalue weighted by Crippen LogP contribution is -2.30. The molecule has 0 saturated carbocycles. The molecule has 1 N–H and O–H groups in total. The molecule has 1 aromatic rings. The van der Waals surface area contributed by atoms with Gasteiger partial charge in [0.25, 0.3) is 5.91 Å². The van der Waals surface area contributed by atoms with Gasteiger partial charge in [0.2, 0.25) is 0 Å². The summed E-state index contributed by atoms with van der Waals surface area (Å²) in [7, 11) is 0. The molecule has 0 saturated heterocycles. The number of hydrogen-bond acceptors (Lipinski definition) is 1. The fourth-order valence-corrected chi connectivity index (χ4v) is 1.76. The minimum Gasteiger partial charge on any atom is -0.350 e. The van der Waals surface area contributed by atoms with Gasteiger partial charge in [0.15, 0.2) is 0 Å². The van der Waals surface area contributed by atoms with Crippen molar-refractivity contribution in [3.05, 3.63) is 32.4 Å². The maximum absolute atomic E-state index is 11.7. The number of hydrogen-bond donors (Lipinski definition) is 1. The highest BCUT2D eigenvalue weighted by atomic mass is 127. The van der Waals surface area contributed by atoms with E-state index >= 15 is 0 Å². The van der Waals surface area contributed by atoms with Crippen molar-refractivity contribution in [2.75, 3.05) is 0 Å². The molecule has 0 aliphatic carbocycles. The summed E-state index contributed by atoms with van der Waals surface area (Å²) >= 11 is 7.93. The molecule has 4 heteroatoms. The Morgan fingerprint density at radius 3 is 2.71 bits per heavy atom. The second-order valence-electron chi connectivity index (χ2n) is 3.25. The van der Waals surface area contributed by atoms with Crippen LogP contribution in [-0.4, -0.2) is 11.9 Å². The molecule has 1 rings (SSSR count). The number of carbonyl (C=O) groups is 1. The molecular formula is C10H11ClINO. The van der Waals surface area contributed by atoms with E-state index in [1.807, 2.05) is 19.9 Å². The molecule has 1 aromatic carbocycles. The number of halogens is 2. The van der Waals surface area contributed by atoms with E-state index in [-0.39, 0.29) is 11.9 Å². The van der Waals surface area contributed by atoms with E-state index in [9.17, 15) is 4.79 Å². The van der Waals surface area contributed by atoms with E-state index < -0.39 is 0 Å². The second kappa shape index (κ2) is 4.98. The standard InChI is InChI=1S/C10H11ClINO/c1-6(2)13-10(14)8-5-7(11)3-4-9(8)12/h3-6H,1-2H3,(H,13,14). The smallest absolute Gasteiger partial charge is 0.252 e. The van der Waals surface area contributed by atoms with Crippen LogP contribution in [0, 0.1) is 3.57 Å². The highest BCUT2D eigenvalue weighted by Crippen LogP contribution is 2.17. The lowest BCUT2D eigenvalue weighted by Gasteiger charge is -2.09. The first-order valence-corrected chi connectivity index (χ1v) is 5.72. The van der Waals surface area contributed by atoms with Crippen LogP contribution in [0.25, 0.3) is 0 Å². The van der Waals surface area contributed by atoms with Gasteiger partial charge in [-0.05, 0) is 54.6 Å². The molecule has 0 bridgehead atoms. The monoisotopic (exact) mass is 323 g/mol. The zero-order chi connectivity index (χ0) is 10.7. The predicted molar refractivity (Wildman–Crippen MR) is 66.8 cm³/mol. The zero-order valence-corrected chi connectivity index (χ0v) is 10.9. The topological polar surface area (TPSA) is 29.1 Å². The molecule has 0 heterocycles. The summed E-state index contributed by atoms with van der Waals surface area (Å²) in [6, 6.07) is 5.42. The van der Waals surface area contributed by atoms with Crippen molar-refractivity contribution in [1.29, 1.82) is 0 Å². The highest BCUT2D eigenvalue weighted by molar-refractivity contribution is 14.1. The van der Waals surface area contributed by atoms with Crippen LogP contribution in [0.2, 0.25) is 5.02 Å². The number of rotatable bonds is 2. The van der Waals surface area contributed by atoms with Crippen molar-refractivity contribution in [2.24, 2.45) is 0 Å². The van der Waals surface area contributed by atoms with Gasteiger partial charge in [0, 0.05) is 14.6 Å². The lowest BCUT2D eigenvalue weighted by molar-refractivity contribution is 0.0942. The van der Waals surface area contributed by atoms with Crippen molar-refractivity contribution in [1.82, 2.24) is 5.32 Å². The molecule has 76 valence electrons. The molecule has 0 fully saturated rings. The van der Waals surface area contributed by atoms with E-state index in [0.717, 1.165) is 3.57 Å². The van der Waals surface area contributed by atoms with Gasteiger partial charge in [-0.2, -0.15) is 0 Å². The molecular weight excluding hydrogens is 312 g/mol. The van der Waals surface area contributed by atoms with Crippen molar-refractivity contribution < 1.29 is 4.79 Å². The molecule has 0 aliphatic rings. The van der Waals surface area contributed by atoms with Gasteiger partial charge in [-0.3, -0.25) is 4.79 Å². The fraction of sp³-hybridized carbons (Fsp3) is 0.300. The fourth-order valence-electron chi connectivity index (χ4n) is 1.01. The maximum Gasteiger partial charge on any atom is 0.252 e. The van der Waals surface area contributed by atoms with Crippen molar-refractivity contribution in [2.45, 2.75) is 19.9 Å². The number of amides is 1. The molecule has 2 nitrogen and oxygen atoms in total. The first-order chi connectivity index (χ1) is 6.50. The summed E-state index contributed by atoms with van der Waals surface area (Å²) < 4.78 is 0.908. The molecule has 0 atom stereocenters. The minimum atomic E-state index is -0.0769. The van der Waals surface area contributed by atoms with Crippen LogP contribution in [0.5, 0.6) is 0 Å². The molecule has 0 radical (unpaired) electrons. The van der Waals surface area contributed by atoms with Gasteiger partial charge in [-0.1, -0.05) is 11.6 Å². The van der Waals surface area contributed by atoms with Crippen molar-refractivity contribution in [3.63, 3.8) is 0 Å². The van der Waals surface area contributed by atoms with Crippen molar-refractivity contribution >= 4 is 40.1 Å². The van der Waals surface area contributed by atoms with Crippen LogP contribution in [0.1, 0.15) is 24.2 Å². The summed E-state index contributed by atoms with van der Waals surface area (Å²) in [4.78, 5) is 11.7. The van der Waals surface area contributed by atoms with Gasteiger partial charge in [0.1, 0.15) is 0 Å². The molecule has 0 spiro atoms. The van der Waals surface area contributed by atoms with E-state index in [1.54, 1.807) is 12.1 Å². The largest absolute Gasteiger partial charge is 0.350 e. The van der Waals surface area contributed by atoms with Gasteiger partial charge in [-0.15, -0.1) is 0 Å². The average molecular weight is 324 g/mol. The van der Waals surface area contributed by atoms with Gasteiger partial charge in [0.05, 0.1) is 5.56 Å². The third kappa shape index (κ3) is 3.13. The summed E-state index contributed by atoms with van der Waals surface area (Å²) in [5, 5.41) is 3.41. The Morgan fingerprint density at radius 2 is 2.14 bits per heavy atom. The zero-order valence-electron chi connectivity index (χ0n) is 7.97. The lowest BCUT2D eigenvalue weighted by atomic mass is 10.2. The summed E-state index contributed by atoms with van der Waals surface area (Å²) in [6.45, 7) is 3.85. The Morgan fingerprint density at radius 1 is 1.50 bits per heavy atom. The normalized spacial score (nSPS) is 10.4. The molecule has 1 amide bonds. The molecule has 14 heavy (non-hydrogen) atoms. The average Bonchev–Trinajstić information content (AvgIpc) is 2.08. The summed E-state index contributed by atoms with van der Waals surface area (Å²) in [6.07, 6.45) is 0. The van der Waals surface area contributed by atoms with E-state index in [0.29, 0.717) is 10.6 Å². The van der Waals surface area contributed by atoms with Crippen LogP contribution < -0.4 is 5.32 Å². The predicted octanol–water partition coefficient (Wildman–Crippen LogP) is 3.08. The SMILES string of the molecule is CC(C)NC(=O)c1cc(Cl)ccc1I. The van der Waals surface area contributed by atoms with Crippen LogP contribution in [0.15, 0.2) is 18.2 Å². The van der Waals surface area contributed by atoms with E-state index in [1.165, 1.54) is 0 Å². The van der Waals surface area contributed by atoms with E-state index in [2.05, 4.69) is 27.9 Å². The second-order valence-corrected chi connectivity index (χ2v) is 4.85. The van der Waals surface area contributed by atoms with Crippen LogP contribution in [-0.2, 0) is 0 Å². The Kier molecular flexibility index (Phi) is 4.19. The number of nitrogens with one attached hydrogen (secondary N) is 1. The first-order valence-electron chi connectivity index (χ1n) is 4.26. The third-order valence-corrected chi connectivity index (χ3v) is 2.77. The van der Waals surface area contributed by atoms with E-state index in [4.69, 9.17) is 11.6 Å². The van der Waals surface area contributed by atoms with Gasteiger partial charge < -0.3 is 5.32 Å². The highest BCUT2D eigenvalue weighted by Gasteiger charge is 2.10. The van der Waals surface area contributed by atoms with Crippen LogP contribution in [0.3, 0.4) is 0 Å². The quantitative estimate of drug-likeness (QED) is 0.833. The van der Waals surface area contributed by atoms with Crippen LogP contribution >= 0.6 is 34.2 Å². The molecule has 0 aliphatic heterocycles. The Balaban J connectivity index is 2.94. The first kappa shape index (κ1) is 11.8. The molecule has 0 unspecified atom stereocenters.